The van der Waals surface area contributed by atoms with Gasteiger partial charge in [0.15, 0.2) is 0 Å². The maximum Gasteiger partial charge on any atom is 0.339 e. The Labute approximate surface area is 109 Å². The molecule has 18 heavy (non-hydrogen) atoms. The first kappa shape index (κ1) is 14.6. The van der Waals surface area contributed by atoms with E-state index in [0.29, 0.717) is 5.75 Å². The first-order valence-corrected chi connectivity index (χ1v) is 6.47. The average molecular weight is 250 g/mol. The van der Waals surface area contributed by atoms with Crippen LogP contribution in [0.1, 0.15) is 56.8 Å². The van der Waals surface area contributed by atoms with E-state index in [1.54, 1.807) is 24.3 Å². The number of carbonyl (C=O) groups is 1. The van der Waals surface area contributed by atoms with Crippen LogP contribution in [-0.2, 0) is 0 Å². The quantitative estimate of drug-likeness (QED) is 0.740. The van der Waals surface area contributed by atoms with Crippen LogP contribution in [0.15, 0.2) is 24.3 Å². The maximum absolute atomic E-state index is 11.1. The Kier molecular flexibility index (Phi) is 5.20. The van der Waals surface area contributed by atoms with Gasteiger partial charge in [-0.1, -0.05) is 31.9 Å². The Morgan fingerprint density at radius 1 is 1.28 bits per heavy atom. The summed E-state index contributed by atoms with van der Waals surface area (Å²) in [5.74, 6) is -0.499. The molecule has 1 aromatic rings. The molecule has 0 aliphatic heterocycles. The largest absolute Gasteiger partial charge is 0.487 e. The Hall–Kier alpha value is -1.51. The number of rotatable bonds is 7. The lowest BCUT2D eigenvalue weighted by molar-refractivity contribution is 0.0666. The summed E-state index contributed by atoms with van der Waals surface area (Å²) in [7, 11) is 0. The molecule has 1 N–H and O–H groups in total. The molecular formula is C15H22O3. The first-order valence-electron chi connectivity index (χ1n) is 6.47. The van der Waals surface area contributed by atoms with Crippen molar-refractivity contribution in [1.82, 2.24) is 0 Å². The molecule has 0 amide bonds. The summed E-state index contributed by atoms with van der Waals surface area (Å²) in [5.41, 5.74) is -0.109. The minimum atomic E-state index is -0.949. The van der Waals surface area contributed by atoms with Crippen molar-refractivity contribution in [3.8, 4) is 5.75 Å². The number of carboxylic acids is 1. The predicted octanol–water partition coefficient (Wildman–Crippen LogP) is 4.12. The van der Waals surface area contributed by atoms with Crippen molar-refractivity contribution >= 4 is 5.97 Å². The highest BCUT2D eigenvalue weighted by atomic mass is 16.5. The van der Waals surface area contributed by atoms with Crippen molar-refractivity contribution in [2.75, 3.05) is 0 Å². The van der Waals surface area contributed by atoms with E-state index in [0.717, 1.165) is 12.8 Å². The monoisotopic (exact) mass is 250 g/mol. The molecule has 1 rings (SSSR count). The Morgan fingerprint density at radius 3 is 2.56 bits per heavy atom. The van der Waals surface area contributed by atoms with Crippen molar-refractivity contribution in [2.24, 2.45) is 0 Å². The fourth-order valence-electron chi connectivity index (χ4n) is 1.88. The van der Waals surface area contributed by atoms with Crippen molar-refractivity contribution in [3.63, 3.8) is 0 Å². The van der Waals surface area contributed by atoms with Crippen LogP contribution >= 0.6 is 0 Å². The Morgan fingerprint density at radius 2 is 1.94 bits per heavy atom. The van der Waals surface area contributed by atoms with Gasteiger partial charge in [0.25, 0.3) is 0 Å². The molecule has 0 spiro atoms. The van der Waals surface area contributed by atoms with Crippen LogP contribution in [0.25, 0.3) is 0 Å². The maximum atomic E-state index is 11.1. The number of unbranched alkanes of at least 4 members (excludes halogenated alkanes) is 2. The molecule has 0 fully saturated rings. The normalized spacial score (nSPS) is 11.3. The number of hydrogen-bond acceptors (Lipinski definition) is 2. The number of aromatic carboxylic acids is 1. The standard InChI is InChI=1S/C15H22O3/c1-4-5-8-11-15(2,3)18-13-10-7-6-9-12(13)14(16)17/h6-7,9-10H,4-5,8,11H2,1-3H3,(H,16,17). The molecule has 0 unspecified atom stereocenters. The van der Waals surface area contributed by atoms with E-state index in [1.807, 2.05) is 13.8 Å². The fraction of sp³-hybridized carbons (Fsp3) is 0.533. The van der Waals surface area contributed by atoms with E-state index in [2.05, 4.69) is 6.92 Å². The lowest BCUT2D eigenvalue weighted by Crippen LogP contribution is -2.28. The molecule has 0 bridgehead atoms. The molecule has 3 heteroatoms. The summed E-state index contributed by atoms with van der Waals surface area (Å²) in [6, 6.07) is 6.79. The Bertz CT molecular complexity index is 396. The van der Waals surface area contributed by atoms with Gasteiger partial charge >= 0.3 is 5.97 Å². The minimum absolute atomic E-state index is 0.223. The SMILES string of the molecule is CCCCCC(C)(C)Oc1ccccc1C(=O)O. The molecule has 1 aromatic carbocycles. The number of para-hydroxylation sites is 1. The topological polar surface area (TPSA) is 46.5 Å². The molecular weight excluding hydrogens is 228 g/mol. The molecule has 0 aromatic heterocycles. The lowest BCUT2D eigenvalue weighted by Gasteiger charge is -2.27. The molecule has 0 radical (unpaired) electrons. The summed E-state index contributed by atoms with van der Waals surface area (Å²) in [5, 5.41) is 9.10. The van der Waals surface area contributed by atoms with Crippen LogP contribution in [-0.4, -0.2) is 16.7 Å². The predicted molar refractivity (Wildman–Crippen MR) is 72.3 cm³/mol. The third-order valence-corrected chi connectivity index (χ3v) is 2.89. The van der Waals surface area contributed by atoms with Gasteiger partial charge in [0.1, 0.15) is 16.9 Å². The van der Waals surface area contributed by atoms with Gasteiger partial charge in [-0.25, -0.2) is 4.79 Å². The number of ether oxygens (including phenoxy) is 1. The number of hydrogen-bond donors (Lipinski definition) is 1. The second kappa shape index (κ2) is 6.43. The van der Waals surface area contributed by atoms with Gasteiger partial charge in [0.2, 0.25) is 0 Å². The number of benzene rings is 1. The van der Waals surface area contributed by atoms with E-state index in [4.69, 9.17) is 9.84 Å². The molecule has 0 atom stereocenters. The summed E-state index contributed by atoms with van der Waals surface area (Å²) >= 11 is 0. The highest BCUT2D eigenvalue weighted by molar-refractivity contribution is 5.90. The van der Waals surface area contributed by atoms with Crippen molar-refractivity contribution in [3.05, 3.63) is 29.8 Å². The third-order valence-electron chi connectivity index (χ3n) is 2.89. The molecule has 3 nitrogen and oxygen atoms in total. The van der Waals surface area contributed by atoms with Gasteiger partial charge < -0.3 is 9.84 Å². The lowest BCUT2D eigenvalue weighted by atomic mass is 10.00. The summed E-state index contributed by atoms with van der Waals surface area (Å²) < 4.78 is 5.86. The first-order chi connectivity index (χ1) is 8.46. The molecule has 0 aliphatic rings. The Balaban J connectivity index is 2.74. The highest BCUT2D eigenvalue weighted by Crippen LogP contribution is 2.26. The zero-order valence-electron chi connectivity index (χ0n) is 11.4. The summed E-state index contributed by atoms with van der Waals surface area (Å²) in [6.07, 6.45) is 4.36. The van der Waals surface area contributed by atoms with Crippen LogP contribution in [0.2, 0.25) is 0 Å². The zero-order valence-corrected chi connectivity index (χ0v) is 11.4. The average Bonchev–Trinajstić information content (AvgIpc) is 2.29. The van der Waals surface area contributed by atoms with Crippen LogP contribution < -0.4 is 4.74 Å². The van der Waals surface area contributed by atoms with Crippen LogP contribution in [0.5, 0.6) is 5.75 Å². The molecule has 100 valence electrons. The van der Waals surface area contributed by atoms with Crippen molar-refractivity contribution in [2.45, 2.75) is 52.1 Å². The van der Waals surface area contributed by atoms with Gasteiger partial charge in [-0.2, -0.15) is 0 Å². The second-order valence-electron chi connectivity index (χ2n) is 5.12. The second-order valence-corrected chi connectivity index (χ2v) is 5.12. The van der Waals surface area contributed by atoms with Gasteiger partial charge in [-0.3, -0.25) is 0 Å². The van der Waals surface area contributed by atoms with E-state index >= 15 is 0 Å². The van der Waals surface area contributed by atoms with E-state index in [1.165, 1.54) is 12.8 Å². The van der Waals surface area contributed by atoms with E-state index in [-0.39, 0.29) is 11.2 Å². The van der Waals surface area contributed by atoms with Gasteiger partial charge in [-0.05, 0) is 38.8 Å². The third kappa shape index (κ3) is 4.40. The molecule has 0 saturated carbocycles. The van der Waals surface area contributed by atoms with E-state index in [9.17, 15) is 4.79 Å². The van der Waals surface area contributed by atoms with Crippen molar-refractivity contribution in [1.29, 1.82) is 0 Å². The van der Waals surface area contributed by atoms with Crippen LogP contribution in [0.3, 0.4) is 0 Å². The molecule has 0 aliphatic carbocycles. The van der Waals surface area contributed by atoms with Crippen LogP contribution in [0, 0.1) is 0 Å². The smallest absolute Gasteiger partial charge is 0.339 e. The van der Waals surface area contributed by atoms with E-state index < -0.39 is 5.97 Å². The van der Waals surface area contributed by atoms with Gasteiger partial charge in [0, 0.05) is 0 Å². The summed E-state index contributed by atoms with van der Waals surface area (Å²) in [6.45, 7) is 6.16. The van der Waals surface area contributed by atoms with Crippen LogP contribution in [0.4, 0.5) is 0 Å². The fourth-order valence-corrected chi connectivity index (χ4v) is 1.88. The molecule has 0 heterocycles. The number of carboxylic acid groups (broad SMARTS) is 1. The van der Waals surface area contributed by atoms with Gasteiger partial charge in [0.05, 0.1) is 0 Å². The van der Waals surface area contributed by atoms with Gasteiger partial charge in [-0.15, -0.1) is 0 Å². The minimum Gasteiger partial charge on any atom is -0.487 e. The summed E-state index contributed by atoms with van der Waals surface area (Å²) in [4.78, 5) is 11.1. The zero-order chi connectivity index (χ0) is 13.6. The highest BCUT2D eigenvalue weighted by Gasteiger charge is 2.22. The molecule has 0 saturated heterocycles. The van der Waals surface area contributed by atoms with Crippen molar-refractivity contribution < 1.29 is 14.6 Å².